The number of hydrogen-bond donors (Lipinski definition) is 2. The first-order valence-electron chi connectivity index (χ1n) is 13.9. The van der Waals surface area contributed by atoms with E-state index in [-0.39, 0.29) is 29.9 Å². The van der Waals surface area contributed by atoms with Gasteiger partial charge >= 0.3 is 0 Å². The number of carbonyl (C=O) groups excluding carboxylic acids is 3. The molecular formula is C29H39N3O5S. The zero-order valence-corrected chi connectivity index (χ0v) is 23.3. The Morgan fingerprint density at radius 1 is 1.21 bits per heavy atom. The molecule has 3 amide bonds. The molecule has 1 aliphatic carbocycles. The summed E-state index contributed by atoms with van der Waals surface area (Å²) < 4.78 is 12.1. The lowest BCUT2D eigenvalue weighted by molar-refractivity contribution is -0.141. The maximum absolute atomic E-state index is 14.0. The fourth-order valence-electron chi connectivity index (χ4n) is 6.52. The quantitative estimate of drug-likeness (QED) is 0.266. The van der Waals surface area contributed by atoms with Gasteiger partial charge in [0.1, 0.15) is 11.6 Å². The molecule has 2 saturated heterocycles. The molecule has 2 bridgehead atoms. The number of nitrogens with one attached hydrogen (secondary N) is 2. The zero-order valence-electron chi connectivity index (χ0n) is 22.5. The minimum absolute atomic E-state index is 0.0900. The highest BCUT2D eigenvalue weighted by Gasteiger charge is 2.72. The van der Waals surface area contributed by atoms with Gasteiger partial charge in [-0.1, -0.05) is 37.5 Å². The molecule has 8 nitrogen and oxygen atoms in total. The van der Waals surface area contributed by atoms with E-state index in [1.807, 2.05) is 56.5 Å². The third-order valence-corrected chi connectivity index (χ3v) is 8.93. The van der Waals surface area contributed by atoms with Gasteiger partial charge in [-0.2, -0.15) is 0 Å². The highest BCUT2D eigenvalue weighted by atomic mass is 32.2. The van der Waals surface area contributed by atoms with Crippen molar-refractivity contribution < 1.29 is 23.9 Å². The van der Waals surface area contributed by atoms with Crippen molar-refractivity contribution in [2.75, 3.05) is 24.7 Å². The van der Waals surface area contributed by atoms with Crippen LogP contribution in [0, 0.1) is 11.8 Å². The molecule has 1 spiro atoms. The summed E-state index contributed by atoms with van der Waals surface area (Å²) in [5.41, 5.74) is -0.454. The molecule has 1 aromatic carbocycles. The summed E-state index contributed by atoms with van der Waals surface area (Å²) >= 11 is 1.60. The highest BCUT2D eigenvalue weighted by Crippen LogP contribution is 2.55. The van der Waals surface area contributed by atoms with Crippen LogP contribution in [0.15, 0.2) is 41.3 Å². The second kappa shape index (κ2) is 11.4. The minimum atomic E-state index is -1.14. The van der Waals surface area contributed by atoms with Gasteiger partial charge in [-0.25, -0.2) is 0 Å². The molecule has 4 aliphatic rings. The van der Waals surface area contributed by atoms with E-state index in [2.05, 4.69) is 10.6 Å². The topological polar surface area (TPSA) is 97.0 Å². The van der Waals surface area contributed by atoms with Gasteiger partial charge in [-0.15, -0.1) is 11.8 Å². The largest absolute Gasteiger partial charge is 0.379 e. The van der Waals surface area contributed by atoms with Crippen LogP contribution in [0.25, 0.3) is 0 Å². The number of hydrogen-bond acceptors (Lipinski definition) is 6. The van der Waals surface area contributed by atoms with Gasteiger partial charge in [-0.3, -0.25) is 14.4 Å². The second-order valence-electron chi connectivity index (χ2n) is 11.1. The molecule has 3 aliphatic heterocycles. The van der Waals surface area contributed by atoms with Gasteiger partial charge in [0, 0.05) is 29.8 Å². The van der Waals surface area contributed by atoms with Crippen molar-refractivity contribution >= 4 is 35.2 Å². The predicted molar refractivity (Wildman–Crippen MR) is 147 cm³/mol. The summed E-state index contributed by atoms with van der Waals surface area (Å²) in [7, 11) is 0. The monoisotopic (exact) mass is 541 g/mol. The van der Waals surface area contributed by atoms with Crippen LogP contribution in [-0.4, -0.2) is 71.9 Å². The lowest BCUT2D eigenvalue weighted by atomic mass is 9.74. The molecule has 5 rings (SSSR count). The van der Waals surface area contributed by atoms with Gasteiger partial charge in [0.25, 0.3) is 0 Å². The van der Waals surface area contributed by atoms with E-state index in [0.29, 0.717) is 25.3 Å². The Morgan fingerprint density at radius 3 is 2.74 bits per heavy atom. The van der Waals surface area contributed by atoms with E-state index in [1.54, 1.807) is 16.7 Å². The van der Waals surface area contributed by atoms with Crippen LogP contribution in [-0.2, 0) is 23.9 Å². The molecule has 3 heterocycles. The molecule has 0 unspecified atom stereocenters. The van der Waals surface area contributed by atoms with Crippen molar-refractivity contribution in [3.63, 3.8) is 0 Å². The van der Waals surface area contributed by atoms with Crippen LogP contribution in [0.2, 0.25) is 0 Å². The number of carbonyl (C=O) groups is 3. The number of rotatable bonds is 10. The van der Waals surface area contributed by atoms with Gasteiger partial charge in [0.2, 0.25) is 17.7 Å². The van der Waals surface area contributed by atoms with Gasteiger partial charge in [0.15, 0.2) is 0 Å². The average Bonchev–Trinajstić information content (AvgIpc) is 3.54. The van der Waals surface area contributed by atoms with Crippen molar-refractivity contribution in [3.05, 3.63) is 36.4 Å². The van der Waals surface area contributed by atoms with Crippen molar-refractivity contribution in [1.29, 1.82) is 0 Å². The molecule has 1 aromatic rings. The van der Waals surface area contributed by atoms with Crippen LogP contribution in [0.4, 0.5) is 5.69 Å². The standard InChI is InChI=1S/C29H39N3O5S/c1-18(2)36-16-8-15-32-25(27(34)30-19-9-5-4-6-10-19)29-14-13-22(37-29)23(24(29)28(32)35)26(33)31-20-11-7-12-21(17-20)38-3/h7,11-14,17-19,22-25H,4-6,8-10,15-16H2,1-3H3,(H,30,34)(H,31,33)/t22-,23-,24-,25+,29-/m0/s1. The van der Waals surface area contributed by atoms with E-state index < -0.39 is 29.6 Å². The summed E-state index contributed by atoms with van der Waals surface area (Å²) in [5, 5.41) is 6.23. The average molecular weight is 542 g/mol. The van der Waals surface area contributed by atoms with Crippen LogP contribution in [0.1, 0.15) is 52.4 Å². The number of amides is 3. The van der Waals surface area contributed by atoms with E-state index in [0.717, 1.165) is 30.6 Å². The minimum Gasteiger partial charge on any atom is -0.379 e. The highest BCUT2D eigenvalue weighted by molar-refractivity contribution is 7.98. The van der Waals surface area contributed by atoms with E-state index >= 15 is 0 Å². The fraction of sp³-hybridized carbons (Fsp3) is 0.621. The molecule has 38 heavy (non-hydrogen) atoms. The van der Waals surface area contributed by atoms with Crippen LogP contribution >= 0.6 is 11.8 Å². The lowest BCUT2D eigenvalue weighted by Gasteiger charge is -2.34. The Morgan fingerprint density at radius 2 is 2.00 bits per heavy atom. The van der Waals surface area contributed by atoms with Crippen LogP contribution in [0.3, 0.4) is 0 Å². The Hall–Kier alpha value is -2.36. The van der Waals surface area contributed by atoms with Crippen molar-refractivity contribution in [2.24, 2.45) is 11.8 Å². The number of nitrogens with zero attached hydrogens (tertiary/aromatic N) is 1. The van der Waals surface area contributed by atoms with Crippen molar-refractivity contribution in [2.45, 2.75) is 87.2 Å². The summed E-state index contributed by atoms with van der Waals surface area (Å²) in [6.07, 6.45) is 11.1. The molecule has 0 aromatic heterocycles. The molecular weight excluding hydrogens is 502 g/mol. The third kappa shape index (κ3) is 5.12. The van der Waals surface area contributed by atoms with Gasteiger partial charge in [0.05, 0.1) is 24.0 Å². The van der Waals surface area contributed by atoms with Crippen molar-refractivity contribution in [1.82, 2.24) is 10.2 Å². The first-order chi connectivity index (χ1) is 18.3. The molecule has 0 radical (unpaired) electrons. The maximum Gasteiger partial charge on any atom is 0.246 e. The molecule has 2 N–H and O–H groups in total. The molecule has 5 atom stereocenters. The summed E-state index contributed by atoms with van der Waals surface area (Å²) in [4.78, 5) is 44.1. The number of anilines is 1. The van der Waals surface area contributed by atoms with Crippen molar-refractivity contribution in [3.8, 4) is 0 Å². The maximum atomic E-state index is 14.0. The fourth-order valence-corrected chi connectivity index (χ4v) is 6.97. The second-order valence-corrected chi connectivity index (χ2v) is 12.0. The zero-order chi connectivity index (χ0) is 26.9. The Labute approximate surface area is 229 Å². The smallest absolute Gasteiger partial charge is 0.246 e. The Kier molecular flexibility index (Phi) is 8.16. The Balaban J connectivity index is 1.39. The number of fused-ring (bicyclic) bond motifs is 1. The summed E-state index contributed by atoms with van der Waals surface area (Å²) in [6, 6.07) is 6.94. The van der Waals surface area contributed by atoms with Crippen LogP contribution in [0.5, 0.6) is 0 Å². The van der Waals surface area contributed by atoms with E-state index in [4.69, 9.17) is 9.47 Å². The summed E-state index contributed by atoms with van der Waals surface area (Å²) in [5.74, 6) is -2.07. The number of likely N-dealkylation sites (tertiary alicyclic amines) is 1. The summed E-state index contributed by atoms with van der Waals surface area (Å²) in [6.45, 7) is 4.81. The predicted octanol–water partition coefficient (Wildman–Crippen LogP) is 3.76. The first-order valence-corrected chi connectivity index (χ1v) is 15.1. The molecule has 3 fully saturated rings. The van der Waals surface area contributed by atoms with E-state index in [9.17, 15) is 14.4 Å². The number of thioether (sulfide) groups is 1. The first kappa shape index (κ1) is 27.2. The SMILES string of the molecule is CSc1cccc(NC(=O)[C@H]2[C@@H]3C=C[C@]4(O3)[C@@H]2C(=O)N(CCCOC(C)C)[C@@H]4C(=O)NC2CCCCC2)c1. The third-order valence-electron chi connectivity index (χ3n) is 8.21. The molecule has 1 saturated carbocycles. The number of ether oxygens (including phenoxy) is 2. The normalized spacial score (nSPS) is 30.2. The lowest BCUT2D eigenvalue weighted by Crippen LogP contribution is -2.56. The molecule has 9 heteroatoms. The van der Waals surface area contributed by atoms with Gasteiger partial charge in [-0.05, 0) is 57.6 Å². The van der Waals surface area contributed by atoms with Crippen LogP contribution < -0.4 is 10.6 Å². The molecule has 206 valence electrons. The number of benzene rings is 1. The van der Waals surface area contributed by atoms with E-state index in [1.165, 1.54) is 6.42 Å². The van der Waals surface area contributed by atoms with Gasteiger partial charge < -0.3 is 25.0 Å². The Bertz CT molecular complexity index is 1090.